The van der Waals surface area contributed by atoms with Crippen molar-refractivity contribution in [2.24, 2.45) is 11.8 Å². The van der Waals surface area contributed by atoms with Gasteiger partial charge in [-0.3, -0.25) is 4.79 Å². The lowest BCUT2D eigenvalue weighted by Crippen LogP contribution is -2.38. The van der Waals surface area contributed by atoms with Crippen molar-refractivity contribution in [3.8, 4) is 0 Å². The van der Waals surface area contributed by atoms with Crippen LogP contribution in [-0.4, -0.2) is 61.0 Å². The fourth-order valence-electron chi connectivity index (χ4n) is 2.50. The van der Waals surface area contributed by atoms with Crippen LogP contribution in [0.1, 0.15) is 41.5 Å². The number of esters is 1. The Labute approximate surface area is 149 Å². The zero-order chi connectivity index (χ0) is 19.4. The first kappa shape index (κ1) is 21.1. The molecule has 1 heterocycles. The van der Waals surface area contributed by atoms with E-state index in [1.165, 1.54) is 12.0 Å². The van der Waals surface area contributed by atoms with E-state index in [4.69, 9.17) is 14.2 Å². The third-order valence-corrected chi connectivity index (χ3v) is 3.50. The molecule has 1 aliphatic heterocycles. The number of nitrogens with zero attached hydrogens (tertiary/aromatic N) is 1. The van der Waals surface area contributed by atoms with Crippen LogP contribution in [0.4, 0.5) is 9.59 Å². The third kappa shape index (κ3) is 7.19. The quantitative estimate of drug-likeness (QED) is 0.614. The van der Waals surface area contributed by atoms with Crippen molar-refractivity contribution in [2.75, 3.05) is 26.7 Å². The molecular weight excluding hydrogens is 328 g/mol. The van der Waals surface area contributed by atoms with Crippen molar-refractivity contribution in [1.82, 2.24) is 10.2 Å². The topological polar surface area (TPSA) is 94.2 Å². The van der Waals surface area contributed by atoms with Crippen molar-refractivity contribution in [1.29, 1.82) is 0 Å². The molecule has 0 saturated carbocycles. The lowest BCUT2D eigenvalue weighted by molar-refractivity contribution is -0.146. The lowest BCUT2D eigenvalue weighted by Gasteiger charge is -2.24. The maximum atomic E-state index is 12.2. The molecule has 0 aromatic heterocycles. The summed E-state index contributed by atoms with van der Waals surface area (Å²) in [4.78, 5) is 37.5. The number of carbonyl (C=O) groups is 3. The highest BCUT2D eigenvalue weighted by atomic mass is 16.6. The minimum absolute atomic E-state index is 0.197. The van der Waals surface area contributed by atoms with Gasteiger partial charge in [0.25, 0.3) is 0 Å². The smallest absolute Gasteiger partial charge is 0.410 e. The molecule has 0 radical (unpaired) electrons. The Morgan fingerprint density at radius 2 is 1.56 bits per heavy atom. The summed E-state index contributed by atoms with van der Waals surface area (Å²) in [6, 6.07) is 0. The molecule has 1 saturated heterocycles. The zero-order valence-corrected chi connectivity index (χ0v) is 16.2. The monoisotopic (exact) mass is 358 g/mol. The molecule has 2 atom stereocenters. The summed E-state index contributed by atoms with van der Waals surface area (Å²) < 4.78 is 15.4. The fraction of sp³-hybridized carbons (Fsp3) is 0.824. The lowest BCUT2D eigenvalue weighted by atomic mass is 9.96. The molecule has 25 heavy (non-hydrogen) atoms. The predicted octanol–water partition coefficient (Wildman–Crippen LogP) is 2.17. The van der Waals surface area contributed by atoms with Gasteiger partial charge in [-0.25, -0.2) is 9.59 Å². The Morgan fingerprint density at radius 3 is 2.04 bits per heavy atom. The second kappa shape index (κ2) is 7.93. The maximum Gasteiger partial charge on any atom is 0.410 e. The van der Waals surface area contributed by atoms with Crippen LogP contribution in [0.25, 0.3) is 0 Å². The van der Waals surface area contributed by atoms with E-state index < -0.39 is 35.3 Å². The number of ether oxygens (including phenoxy) is 3. The number of amides is 2. The third-order valence-electron chi connectivity index (χ3n) is 3.50. The van der Waals surface area contributed by atoms with E-state index in [0.29, 0.717) is 6.54 Å². The van der Waals surface area contributed by atoms with Gasteiger partial charge in [-0.05, 0) is 41.5 Å². The molecule has 8 nitrogen and oxygen atoms in total. The molecule has 0 aliphatic carbocycles. The summed E-state index contributed by atoms with van der Waals surface area (Å²) in [6.45, 7) is 11.3. The molecule has 1 fully saturated rings. The number of nitrogens with one attached hydrogen (secondary N) is 1. The maximum absolute atomic E-state index is 12.2. The van der Waals surface area contributed by atoms with Crippen LogP contribution < -0.4 is 5.32 Å². The van der Waals surface area contributed by atoms with Crippen molar-refractivity contribution >= 4 is 18.2 Å². The average Bonchev–Trinajstić information content (AvgIpc) is 2.85. The standard InChI is InChI=1S/C17H30N2O6/c1-16(2,3)24-14(21)18-8-11-9-19(10-12(11)13(20)23-7)15(22)25-17(4,5)6/h11-12H,8-10H2,1-7H3,(H,18,21)/t11-,12-/m1/s1. The van der Waals surface area contributed by atoms with E-state index in [1.54, 1.807) is 41.5 Å². The highest BCUT2D eigenvalue weighted by Gasteiger charge is 2.41. The van der Waals surface area contributed by atoms with Gasteiger partial charge in [0.05, 0.1) is 13.0 Å². The van der Waals surface area contributed by atoms with E-state index in [9.17, 15) is 14.4 Å². The molecule has 1 rings (SSSR count). The summed E-state index contributed by atoms with van der Waals surface area (Å²) in [5, 5.41) is 2.65. The molecular formula is C17H30N2O6. The first-order valence-electron chi connectivity index (χ1n) is 8.35. The molecule has 0 aromatic carbocycles. The summed E-state index contributed by atoms with van der Waals surface area (Å²) in [7, 11) is 1.30. The van der Waals surface area contributed by atoms with Crippen molar-refractivity contribution in [3.63, 3.8) is 0 Å². The van der Waals surface area contributed by atoms with Crippen LogP contribution in [0, 0.1) is 11.8 Å². The fourth-order valence-corrected chi connectivity index (χ4v) is 2.50. The summed E-state index contributed by atoms with van der Waals surface area (Å²) in [5.41, 5.74) is -1.23. The largest absolute Gasteiger partial charge is 0.469 e. The molecule has 0 unspecified atom stereocenters. The van der Waals surface area contributed by atoms with E-state index in [0.717, 1.165) is 0 Å². The van der Waals surface area contributed by atoms with Gasteiger partial charge in [-0.1, -0.05) is 0 Å². The Kier molecular flexibility index (Phi) is 6.68. The van der Waals surface area contributed by atoms with Crippen LogP contribution >= 0.6 is 0 Å². The first-order chi connectivity index (χ1) is 11.3. The normalized spacial score (nSPS) is 20.8. The van der Waals surface area contributed by atoms with Crippen molar-refractivity contribution in [3.05, 3.63) is 0 Å². The van der Waals surface area contributed by atoms with Crippen LogP contribution in [0.15, 0.2) is 0 Å². The van der Waals surface area contributed by atoms with E-state index in [-0.39, 0.29) is 19.0 Å². The Morgan fingerprint density at radius 1 is 1.00 bits per heavy atom. The zero-order valence-electron chi connectivity index (χ0n) is 16.2. The number of likely N-dealkylation sites (tertiary alicyclic amines) is 1. The van der Waals surface area contributed by atoms with Gasteiger partial charge < -0.3 is 24.4 Å². The molecule has 2 amide bonds. The summed E-state index contributed by atoms with van der Waals surface area (Å²) >= 11 is 0. The van der Waals surface area contributed by atoms with Crippen LogP contribution in [0.3, 0.4) is 0 Å². The number of rotatable bonds is 3. The average molecular weight is 358 g/mol. The van der Waals surface area contributed by atoms with Gasteiger partial charge >= 0.3 is 18.2 Å². The number of alkyl carbamates (subject to hydrolysis) is 1. The second-order valence-corrected chi connectivity index (χ2v) is 8.16. The number of hydrogen-bond donors (Lipinski definition) is 1. The van der Waals surface area contributed by atoms with Crippen molar-refractivity contribution < 1.29 is 28.6 Å². The summed E-state index contributed by atoms with van der Waals surface area (Å²) in [5.74, 6) is -1.21. The van der Waals surface area contributed by atoms with E-state index in [2.05, 4.69) is 5.32 Å². The van der Waals surface area contributed by atoms with Crippen LogP contribution in [0.5, 0.6) is 0 Å². The molecule has 0 spiro atoms. The Hall–Kier alpha value is -1.99. The molecule has 144 valence electrons. The summed E-state index contributed by atoms with van der Waals surface area (Å²) in [6.07, 6.45) is -1.05. The Bertz CT molecular complexity index is 506. The highest BCUT2D eigenvalue weighted by Crippen LogP contribution is 2.26. The second-order valence-electron chi connectivity index (χ2n) is 8.16. The van der Waals surface area contributed by atoms with Gasteiger partial charge in [0.2, 0.25) is 0 Å². The molecule has 0 aromatic rings. The molecule has 1 N–H and O–H groups in total. The van der Waals surface area contributed by atoms with Gasteiger partial charge in [0.1, 0.15) is 11.2 Å². The van der Waals surface area contributed by atoms with Gasteiger partial charge in [-0.15, -0.1) is 0 Å². The Balaban J connectivity index is 2.70. The number of carbonyl (C=O) groups excluding carboxylic acids is 3. The number of methoxy groups -OCH3 is 1. The van der Waals surface area contributed by atoms with Gasteiger partial charge in [-0.2, -0.15) is 0 Å². The van der Waals surface area contributed by atoms with Crippen molar-refractivity contribution in [2.45, 2.75) is 52.7 Å². The SMILES string of the molecule is COC(=O)[C@@H]1CN(C(=O)OC(C)(C)C)C[C@H]1CNC(=O)OC(C)(C)C. The molecule has 8 heteroatoms. The molecule has 0 bridgehead atoms. The van der Waals surface area contributed by atoms with E-state index >= 15 is 0 Å². The van der Waals surface area contributed by atoms with Gasteiger partial charge in [0.15, 0.2) is 0 Å². The number of hydrogen-bond acceptors (Lipinski definition) is 6. The highest BCUT2D eigenvalue weighted by molar-refractivity contribution is 5.76. The van der Waals surface area contributed by atoms with Gasteiger partial charge in [0, 0.05) is 25.6 Å². The first-order valence-corrected chi connectivity index (χ1v) is 8.35. The van der Waals surface area contributed by atoms with E-state index in [1.807, 2.05) is 0 Å². The molecule has 1 aliphatic rings. The van der Waals surface area contributed by atoms with Crippen LogP contribution in [-0.2, 0) is 19.0 Å². The minimum Gasteiger partial charge on any atom is -0.469 e. The van der Waals surface area contributed by atoms with Crippen LogP contribution in [0.2, 0.25) is 0 Å². The predicted molar refractivity (Wildman–Crippen MR) is 91.0 cm³/mol. The minimum atomic E-state index is -0.620.